The van der Waals surface area contributed by atoms with Gasteiger partial charge in [-0.05, 0) is 35.9 Å². The van der Waals surface area contributed by atoms with Crippen LogP contribution in [0.4, 0.5) is 8.78 Å². The number of rotatable bonds is 4. The summed E-state index contributed by atoms with van der Waals surface area (Å²) >= 11 is 0. The van der Waals surface area contributed by atoms with Crippen LogP contribution in [0, 0.1) is 11.6 Å². The number of halogens is 2. The largest absolute Gasteiger partial charge is 0.486 e. The Balaban J connectivity index is 2.06. The van der Waals surface area contributed by atoms with Gasteiger partial charge in [-0.2, -0.15) is 0 Å². The SMILES string of the molecule is O=Cc1ccc(OCc2ccc(F)cc2)c(F)c1. The number of carbonyl (C=O) groups excluding carboxylic acids is 1. The average Bonchev–Trinajstić information content (AvgIpc) is 2.39. The number of ether oxygens (including phenoxy) is 1. The van der Waals surface area contributed by atoms with E-state index >= 15 is 0 Å². The van der Waals surface area contributed by atoms with Crippen molar-refractivity contribution in [3.05, 3.63) is 65.2 Å². The van der Waals surface area contributed by atoms with Gasteiger partial charge >= 0.3 is 0 Å². The first-order valence-electron chi connectivity index (χ1n) is 5.31. The molecule has 0 saturated carbocycles. The van der Waals surface area contributed by atoms with E-state index in [0.717, 1.165) is 11.6 Å². The summed E-state index contributed by atoms with van der Waals surface area (Å²) in [6.45, 7) is 0.137. The standard InChI is InChI=1S/C14H10F2O2/c15-12-4-1-10(2-5-12)9-18-14-6-3-11(8-17)7-13(14)16/h1-8H,9H2. The number of hydrogen-bond acceptors (Lipinski definition) is 2. The van der Waals surface area contributed by atoms with Crippen LogP contribution < -0.4 is 4.74 Å². The van der Waals surface area contributed by atoms with Gasteiger partial charge in [0.2, 0.25) is 0 Å². The lowest BCUT2D eigenvalue weighted by Gasteiger charge is -2.07. The van der Waals surface area contributed by atoms with E-state index in [9.17, 15) is 13.6 Å². The third-order valence-corrected chi connectivity index (χ3v) is 2.40. The van der Waals surface area contributed by atoms with E-state index in [4.69, 9.17) is 4.74 Å². The Morgan fingerprint density at radius 1 is 1.06 bits per heavy atom. The molecule has 2 rings (SSSR count). The van der Waals surface area contributed by atoms with Crippen LogP contribution in [-0.4, -0.2) is 6.29 Å². The van der Waals surface area contributed by atoms with E-state index in [2.05, 4.69) is 0 Å². The van der Waals surface area contributed by atoms with Crippen LogP contribution in [0.1, 0.15) is 15.9 Å². The first-order chi connectivity index (χ1) is 8.69. The van der Waals surface area contributed by atoms with Crippen molar-refractivity contribution >= 4 is 6.29 Å². The predicted molar refractivity (Wildman–Crippen MR) is 62.5 cm³/mol. The third kappa shape index (κ3) is 2.91. The fourth-order valence-corrected chi connectivity index (χ4v) is 1.45. The summed E-state index contributed by atoms with van der Waals surface area (Å²) in [6, 6.07) is 9.71. The van der Waals surface area contributed by atoms with Gasteiger partial charge in [0.05, 0.1) is 0 Å². The summed E-state index contributed by atoms with van der Waals surface area (Å²) in [6.07, 6.45) is 0.562. The molecule has 0 bridgehead atoms. The number of carbonyl (C=O) groups is 1. The number of benzene rings is 2. The van der Waals surface area contributed by atoms with Crippen LogP contribution in [0.5, 0.6) is 5.75 Å². The van der Waals surface area contributed by atoms with Gasteiger partial charge in [-0.25, -0.2) is 8.78 Å². The van der Waals surface area contributed by atoms with Gasteiger partial charge in [0.15, 0.2) is 11.6 Å². The molecule has 0 aromatic heterocycles. The number of hydrogen-bond donors (Lipinski definition) is 0. The molecule has 0 amide bonds. The van der Waals surface area contributed by atoms with Crippen LogP contribution in [0.2, 0.25) is 0 Å². The lowest BCUT2D eigenvalue weighted by atomic mass is 10.2. The Morgan fingerprint density at radius 3 is 2.39 bits per heavy atom. The smallest absolute Gasteiger partial charge is 0.165 e. The van der Waals surface area contributed by atoms with Gasteiger partial charge in [0.25, 0.3) is 0 Å². The summed E-state index contributed by atoms with van der Waals surface area (Å²) in [5.41, 5.74) is 0.983. The summed E-state index contributed by atoms with van der Waals surface area (Å²) < 4.78 is 31.4. The van der Waals surface area contributed by atoms with E-state index in [-0.39, 0.29) is 23.7 Å². The van der Waals surface area contributed by atoms with Crippen LogP contribution in [0.15, 0.2) is 42.5 Å². The molecule has 18 heavy (non-hydrogen) atoms. The lowest BCUT2D eigenvalue weighted by Crippen LogP contribution is -1.98. The Hall–Kier alpha value is -2.23. The highest BCUT2D eigenvalue weighted by molar-refractivity contribution is 5.74. The topological polar surface area (TPSA) is 26.3 Å². The first-order valence-corrected chi connectivity index (χ1v) is 5.31. The second-order valence-corrected chi connectivity index (χ2v) is 3.72. The van der Waals surface area contributed by atoms with Crippen LogP contribution in [0.3, 0.4) is 0 Å². The van der Waals surface area contributed by atoms with E-state index in [1.54, 1.807) is 12.1 Å². The Kier molecular flexibility index (Phi) is 3.67. The maximum absolute atomic E-state index is 13.5. The zero-order chi connectivity index (χ0) is 13.0. The van der Waals surface area contributed by atoms with E-state index < -0.39 is 5.82 Å². The molecule has 4 heteroatoms. The maximum Gasteiger partial charge on any atom is 0.165 e. The summed E-state index contributed by atoms with van der Waals surface area (Å²) in [5, 5.41) is 0. The predicted octanol–water partition coefficient (Wildman–Crippen LogP) is 3.36. The molecule has 2 aromatic carbocycles. The van der Waals surface area contributed by atoms with E-state index in [1.807, 2.05) is 0 Å². The summed E-state index contributed by atoms with van der Waals surface area (Å²) in [5.74, 6) is -0.869. The lowest BCUT2D eigenvalue weighted by molar-refractivity contribution is 0.112. The van der Waals surface area contributed by atoms with Crippen molar-refractivity contribution in [1.82, 2.24) is 0 Å². The Bertz CT molecular complexity index is 550. The molecule has 0 unspecified atom stereocenters. The van der Waals surface area contributed by atoms with Gasteiger partial charge in [0.1, 0.15) is 18.7 Å². The van der Waals surface area contributed by atoms with Crippen LogP contribution >= 0.6 is 0 Å². The minimum Gasteiger partial charge on any atom is -0.486 e. The van der Waals surface area contributed by atoms with E-state index in [0.29, 0.717) is 6.29 Å². The molecule has 0 aliphatic rings. The normalized spacial score (nSPS) is 10.1. The van der Waals surface area contributed by atoms with Crippen molar-refractivity contribution in [3.8, 4) is 5.75 Å². The van der Waals surface area contributed by atoms with Gasteiger partial charge in [0, 0.05) is 5.56 Å². The Morgan fingerprint density at radius 2 is 1.78 bits per heavy atom. The molecule has 2 nitrogen and oxygen atoms in total. The van der Waals surface area contributed by atoms with Crippen molar-refractivity contribution in [3.63, 3.8) is 0 Å². The van der Waals surface area contributed by atoms with Gasteiger partial charge in [-0.3, -0.25) is 4.79 Å². The molecule has 0 N–H and O–H groups in total. The maximum atomic E-state index is 13.5. The fourth-order valence-electron chi connectivity index (χ4n) is 1.45. The molecule has 0 spiro atoms. The second-order valence-electron chi connectivity index (χ2n) is 3.72. The van der Waals surface area contributed by atoms with Gasteiger partial charge < -0.3 is 4.74 Å². The average molecular weight is 248 g/mol. The minimum atomic E-state index is -0.596. The van der Waals surface area contributed by atoms with Crippen LogP contribution in [0.25, 0.3) is 0 Å². The van der Waals surface area contributed by atoms with Crippen molar-refractivity contribution in [2.75, 3.05) is 0 Å². The molecule has 0 saturated heterocycles. The zero-order valence-corrected chi connectivity index (χ0v) is 9.40. The molecule has 0 fully saturated rings. The van der Waals surface area contributed by atoms with Gasteiger partial charge in [-0.1, -0.05) is 12.1 Å². The third-order valence-electron chi connectivity index (χ3n) is 2.40. The summed E-state index contributed by atoms with van der Waals surface area (Å²) in [4.78, 5) is 10.4. The molecule has 2 aromatic rings. The molecule has 0 aliphatic carbocycles. The molecule has 0 atom stereocenters. The highest BCUT2D eigenvalue weighted by Gasteiger charge is 2.04. The first kappa shape index (κ1) is 12.2. The van der Waals surface area contributed by atoms with Crippen molar-refractivity contribution < 1.29 is 18.3 Å². The second kappa shape index (κ2) is 5.40. The van der Waals surface area contributed by atoms with Crippen molar-refractivity contribution in [1.29, 1.82) is 0 Å². The molecule has 0 heterocycles. The Labute approximate surface area is 103 Å². The molecular formula is C14H10F2O2. The van der Waals surface area contributed by atoms with Crippen molar-refractivity contribution in [2.45, 2.75) is 6.61 Å². The minimum absolute atomic E-state index is 0.0601. The number of aldehydes is 1. The zero-order valence-electron chi connectivity index (χ0n) is 9.40. The quantitative estimate of drug-likeness (QED) is 0.775. The fraction of sp³-hybridized carbons (Fsp3) is 0.0714. The van der Waals surface area contributed by atoms with Crippen LogP contribution in [-0.2, 0) is 6.61 Å². The summed E-state index contributed by atoms with van der Waals surface area (Å²) in [7, 11) is 0. The molecule has 0 aliphatic heterocycles. The monoisotopic (exact) mass is 248 g/mol. The molecule has 0 radical (unpaired) electrons. The molecular weight excluding hydrogens is 238 g/mol. The van der Waals surface area contributed by atoms with E-state index in [1.165, 1.54) is 24.3 Å². The highest BCUT2D eigenvalue weighted by Crippen LogP contribution is 2.19. The van der Waals surface area contributed by atoms with Gasteiger partial charge in [-0.15, -0.1) is 0 Å². The molecule has 92 valence electrons. The van der Waals surface area contributed by atoms with Crippen molar-refractivity contribution in [2.24, 2.45) is 0 Å². The highest BCUT2D eigenvalue weighted by atomic mass is 19.1.